The van der Waals surface area contributed by atoms with Crippen molar-refractivity contribution in [2.24, 2.45) is 5.92 Å². The van der Waals surface area contributed by atoms with Crippen molar-refractivity contribution < 1.29 is 5.11 Å². The molecule has 0 saturated carbocycles. The molecule has 1 N–H and O–H groups in total. The summed E-state index contributed by atoms with van der Waals surface area (Å²) in [6, 6.07) is 8.77. The number of rotatable bonds is 3. The Bertz CT molecular complexity index is 403. The molecule has 1 heterocycles. The number of para-hydroxylation sites is 1. The Morgan fingerprint density at radius 3 is 2.50 bits per heavy atom. The van der Waals surface area contributed by atoms with Gasteiger partial charge in [-0.2, -0.15) is 0 Å². The standard InChI is InChI=1S/C15H24N2O/c1-11-9-17(10-15(11)16(3)4)14-8-6-5-7-13(14)12(2)18/h5-8,11-12,15,18H,9-10H2,1-4H3/t11?,12-,15?/m0/s1. The molecular weight excluding hydrogens is 224 g/mol. The van der Waals surface area contributed by atoms with E-state index in [0.717, 1.165) is 18.7 Å². The Kier molecular flexibility index (Phi) is 3.93. The quantitative estimate of drug-likeness (QED) is 0.887. The fourth-order valence-corrected chi connectivity index (χ4v) is 2.95. The zero-order valence-corrected chi connectivity index (χ0v) is 11.8. The molecule has 1 aromatic rings. The third-order valence-electron chi connectivity index (χ3n) is 3.96. The molecule has 0 amide bonds. The third-order valence-corrected chi connectivity index (χ3v) is 3.96. The maximum Gasteiger partial charge on any atom is 0.0781 e. The minimum absolute atomic E-state index is 0.407. The number of likely N-dealkylation sites (N-methyl/N-ethyl adjacent to an activating group) is 1. The second-order valence-electron chi connectivity index (χ2n) is 5.65. The lowest BCUT2D eigenvalue weighted by molar-refractivity contribution is 0.199. The monoisotopic (exact) mass is 248 g/mol. The average Bonchev–Trinajstić information content (AvgIpc) is 2.71. The van der Waals surface area contributed by atoms with Crippen LogP contribution in [0.25, 0.3) is 0 Å². The van der Waals surface area contributed by atoms with E-state index in [1.54, 1.807) is 0 Å². The first-order valence-corrected chi connectivity index (χ1v) is 6.69. The van der Waals surface area contributed by atoms with E-state index in [1.165, 1.54) is 5.69 Å². The average molecular weight is 248 g/mol. The molecule has 0 radical (unpaired) electrons. The third kappa shape index (κ3) is 2.52. The molecule has 1 aliphatic rings. The van der Waals surface area contributed by atoms with E-state index in [4.69, 9.17) is 0 Å². The van der Waals surface area contributed by atoms with Crippen LogP contribution in [-0.2, 0) is 0 Å². The topological polar surface area (TPSA) is 26.7 Å². The van der Waals surface area contributed by atoms with Crippen molar-refractivity contribution in [1.29, 1.82) is 0 Å². The summed E-state index contributed by atoms with van der Waals surface area (Å²) in [6.07, 6.45) is -0.407. The van der Waals surface area contributed by atoms with Gasteiger partial charge in [0.05, 0.1) is 6.10 Å². The Morgan fingerprint density at radius 2 is 1.94 bits per heavy atom. The zero-order valence-electron chi connectivity index (χ0n) is 11.8. The molecule has 0 aliphatic carbocycles. The number of hydrogen-bond donors (Lipinski definition) is 1. The van der Waals surface area contributed by atoms with Crippen molar-refractivity contribution in [2.75, 3.05) is 32.1 Å². The van der Waals surface area contributed by atoms with Gasteiger partial charge in [0, 0.05) is 30.4 Å². The van der Waals surface area contributed by atoms with Gasteiger partial charge in [-0.05, 0) is 33.0 Å². The van der Waals surface area contributed by atoms with Crippen molar-refractivity contribution in [3.63, 3.8) is 0 Å². The summed E-state index contributed by atoms with van der Waals surface area (Å²) in [6.45, 7) is 6.24. The first kappa shape index (κ1) is 13.4. The molecule has 1 aliphatic heterocycles. The van der Waals surface area contributed by atoms with Gasteiger partial charge >= 0.3 is 0 Å². The Balaban J connectivity index is 2.24. The van der Waals surface area contributed by atoms with Gasteiger partial charge in [-0.1, -0.05) is 25.1 Å². The van der Waals surface area contributed by atoms with E-state index in [2.05, 4.69) is 43.0 Å². The summed E-state index contributed by atoms with van der Waals surface area (Å²) in [7, 11) is 4.29. The van der Waals surface area contributed by atoms with Crippen LogP contribution in [0.2, 0.25) is 0 Å². The smallest absolute Gasteiger partial charge is 0.0781 e. The van der Waals surface area contributed by atoms with Gasteiger partial charge in [0.25, 0.3) is 0 Å². The predicted octanol–water partition coefficient (Wildman–Crippen LogP) is 2.13. The molecule has 0 bridgehead atoms. The molecular formula is C15H24N2O. The van der Waals surface area contributed by atoms with Crippen LogP contribution in [0.4, 0.5) is 5.69 Å². The number of aliphatic hydroxyl groups excluding tert-OH is 1. The van der Waals surface area contributed by atoms with Gasteiger partial charge in [-0.25, -0.2) is 0 Å². The summed E-state index contributed by atoms with van der Waals surface area (Å²) >= 11 is 0. The molecule has 100 valence electrons. The molecule has 3 nitrogen and oxygen atoms in total. The normalized spacial score (nSPS) is 25.8. The zero-order chi connectivity index (χ0) is 13.3. The lowest BCUT2D eigenvalue weighted by atomic mass is 10.1. The molecule has 3 atom stereocenters. The number of anilines is 1. The van der Waals surface area contributed by atoms with Crippen molar-refractivity contribution in [3.05, 3.63) is 29.8 Å². The van der Waals surface area contributed by atoms with E-state index >= 15 is 0 Å². The molecule has 1 aromatic carbocycles. The summed E-state index contributed by atoms with van der Waals surface area (Å²) in [5.41, 5.74) is 2.22. The number of aliphatic hydroxyl groups is 1. The Hall–Kier alpha value is -1.06. The highest BCUT2D eigenvalue weighted by molar-refractivity contribution is 5.55. The van der Waals surface area contributed by atoms with Crippen LogP contribution in [0.1, 0.15) is 25.5 Å². The Labute approximate surface area is 110 Å². The van der Waals surface area contributed by atoms with Crippen molar-refractivity contribution in [3.8, 4) is 0 Å². The van der Waals surface area contributed by atoms with Crippen molar-refractivity contribution >= 4 is 5.69 Å². The van der Waals surface area contributed by atoms with Crippen LogP contribution in [0.3, 0.4) is 0 Å². The molecule has 2 rings (SSSR count). The largest absolute Gasteiger partial charge is 0.389 e. The number of benzene rings is 1. The molecule has 18 heavy (non-hydrogen) atoms. The van der Waals surface area contributed by atoms with E-state index in [0.29, 0.717) is 12.0 Å². The Morgan fingerprint density at radius 1 is 1.28 bits per heavy atom. The fraction of sp³-hybridized carbons (Fsp3) is 0.600. The van der Waals surface area contributed by atoms with Gasteiger partial charge in [-0.3, -0.25) is 0 Å². The lowest BCUT2D eigenvalue weighted by Gasteiger charge is -2.25. The molecule has 2 unspecified atom stereocenters. The van der Waals surface area contributed by atoms with E-state index < -0.39 is 6.10 Å². The maximum absolute atomic E-state index is 9.87. The molecule has 3 heteroatoms. The second kappa shape index (κ2) is 5.29. The summed E-state index contributed by atoms with van der Waals surface area (Å²) in [5.74, 6) is 0.655. The van der Waals surface area contributed by atoms with Gasteiger partial charge in [0.2, 0.25) is 0 Å². The number of hydrogen-bond acceptors (Lipinski definition) is 3. The highest BCUT2D eigenvalue weighted by Gasteiger charge is 2.32. The molecule has 1 fully saturated rings. The van der Waals surface area contributed by atoms with E-state index in [1.807, 2.05) is 19.1 Å². The second-order valence-corrected chi connectivity index (χ2v) is 5.65. The molecule has 0 aromatic heterocycles. The summed E-state index contributed by atoms with van der Waals surface area (Å²) < 4.78 is 0. The van der Waals surface area contributed by atoms with Crippen LogP contribution < -0.4 is 4.90 Å². The summed E-state index contributed by atoms with van der Waals surface area (Å²) in [4.78, 5) is 4.70. The highest BCUT2D eigenvalue weighted by Crippen LogP contribution is 2.31. The molecule has 0 spiro atoms. The first-order valence-electron chi connectivity index (χ1n) is 6.69. The molecule has 1 saturated heterocycles. The van der Waals surface area contributed by atoms with Gasteiger partial charge in [-0.15, -0.1) is 0 Å². The van der Waals surface area contributed by atoms with Gasteiger partial charge < -0.3 is 14.9 Å². The van der Waals surface area contributed by atoms with Crippen molar-refractivity contribution in [2.45, 2.75) is 26.0 Å². The van der Waals surface area contributed by atoms with Crippen LogP contribution in [0.5, 0.6) is 0 Å². The summed E-state index contributed by atoms with van der Waals surface area (Å²) in [5, 5.41) is 9.87. The highest BCUT2D eigenvalue weighted by atomic mass is 16.3. The van der Waals surface area contributed by atoms with E-state index in [9.17, 15) is 5.11 Å². The fourth-order valence-electron chi connectivity index (χ4n) is 2.95. The minimum atomic E-state index is -0.407. The maximum atomic E-state index is 9.87. The SMILES string of the molecule is CC1CN(c2ccccc2[C@H](C)O)CC1N(C)C. The van der Waals surface area contributed by atoms with E-state index in [-0.39, 0.29) is 0 Å². The van der Waals surface area contributed by atoms with Crippen molar-refractivity contribution in [1.82, 2.24) is 4.90 Å². The van der Waals surface area contributed by atoms with Gasteiger partial charge in [0.15, 0.2) is 0 Å². The van der Waals surface area contributed by atoms with Crippen LogP contribution in [-0.4, -0.2) is 43.2 Å². The number of nitrogens with zero attached hydrogens (tertiary/aromatic N) is 2. The van der Waals surface area contributed by atoms with Crippen LogP contribution >= 0.6 is 0 Å². The first-order chi connectivity index (χ1) is 8.50. The predicted molar refractivity (Wildman–Crippen MR) is 75.9 cm³/mol. The minimum Gasteiger partial charge on any atom is -0.389 e. The van der Waals surface area contributed by atoms with Crippen LogP contribution in [0.15, 0.2) is 24.3 Å². The lowest BCUT2D eigenvalue weighted by Crippen LogP contribution is -2.34. The van der Waals surface area contributed by atoms with Crippen LogP contribution in [0, 0.1) is 5.92 Å². The van der Waals surface area contributed by atoms with Gasteiger partial charge in [0.1, 0.15) is 0 Å².